The molecule has 0 unspecified atom stereocenters. The van der Waals surface area contributed by atoms with Crippen LogP contribution in [0.3, 0.4) is 0 Å². The summed E-state index contributed by atoms with van der Waals surface area (Å²) in [6.45, 7) is 0. The molecule has 17 heavy (non-hydrogen) atoms. The first-order valence-electron chi connectivity index (χ1n) is 3.69. The Bertz CT molecular complexity index is 430. The summed E-state index contributed by atoms with van der Waals surface area (Å²) in [4.78, 5) is 3.14. The molecule has 1 heterocycles. The number of pyridine rings is 1. The van der Waals surface area contributed by atoms with E-state index < -0.39 is 24.0 Å². The summed E-state index contributed by atoms with van der Waals surface area (Å²) in [5.41, 5.74) is -1.43. The van der Waals surface area contributed by atoms with E-state index in [0.717, 1.165) is 0 Å². The first kappa shape index (κ1) is 15.0. The quantitative estimate of drug-likeness (QED) is 0.340. The second-order valence-corrected chi connectivity index (χ2v) is 4.76. The maximum absolute atomic E-state index is 12.3. The Kier molecular flexibility index (Phi) is 4.37. The molecule has 0 amide bonds. The number of ether oxygens (including phenoxy) is 1. The number of hydrogen-bond donors (Lipinski definition) is 0. The van der Waals surface area contributed by atoms with E-state index in [1.165, 1.54) is 45.2 Å². The predicted molar refractivity (Wildman–Crippen MR) is 61.4 cm³/mol. The number of halogens is 8. The molecule has 0 spiro atoms. The monoisotopic (exact) mass is 483 g/mol. The van der Waals surface area contributed by atoms with Crippen LogP contribution >= 0.6 is 45.2 Å². The van der Waals surface area contributed by atoms with Crippen LogP contribution in [0.1, 0.15) is 5.69 Å². The minimum Gasteiger partial charge on any atom is -0.404 e. The van der Waals surface area contributed by atoms with Gasteiger partial charge in [-0.3, -0.25) is 0 Å². The van der Waals surface area contributed by atoms with Crippen molar-refractivity contribution in [3.8, 4) is 5.75 Å². The SMILES string of the molecule is FC(F)(F)Oc1cc(C(F)(F)F)nc(I)c1I. The molecule has 0 bridgehead atoms. The average Bonchev–Trinajstić information content (AvgIpc) is 2.08. The molecule has 96 valence electrons. The maximum atomic E-state index is 12.3. The minimum atomic E-state index is -5.05. The molecule has 0 fully saturated rings. The van der Waals surface area contributed by atoms with E-state index >= 15 is 0 Å². The van der Waals surface area contributed by atoms with Crippen LogP contribution in [0.15, 0.2) is 6.07 Å². The molecule has 1 aromatic rings. The lowest BCUT2D eigenvalue weighted by atomic mass is 10.3. The normalized spacial score (nSPS) is 12.7. The van der Waals surface area contributed by atoms with E-state index in [2.05, 4.69) is 9.72 Å². The summed E-state index contributed by atoms with van der Waals surface area (Å²) in [5, 5.41) is 0. The topological polar surface area (TPSA) is 22.1 Å². The van der Waals surface area contributed by atoms with Gasteiger partial charge in [0.15, 0.2) is 0 Å². The van der Waals surface area contributed by atoms with Crippen molar-refractivity contribution in [2.24, 2.45) is 0 Å². The minimum absolute atomic E-state index is 0.131. The van der Waals surface area contributed by atoms with E-state index in [1.54, 1.807) is 0 Å². The Morgan fingerprint density at radius 3 is 2.00 bits per heavy atom. The number of rotatable bonds is 1. The maximum Gasteiger partial charge on any atom is 0.573 e. The lowest BCUT2D eigenvalue weighted by Gasteiger charge is -2.13. The smallest absolute Gasteiger partial charge is 0.404 e. The Balaban J connectivity index is 3.26. The molecule has 0 saturated heterocycles. The zero-order valence-corrected chi connectivity index (χ0v) is 11.8. The molecular weight excluding hydrogens is 482 g/mol. The zero-order chi connectivity index (χ0) is 13.4. The van der Waals surface area contributed by atoms with E-state index in [0.29, 0.717) is 0 Å². The van der Waals surface area contributed by atoms with Crippen LogP contribution in [0.4, 0.5) is 26.3 Å². The van der Waals surface area contributed by atoms with Gasteiger partial charge >= 0.3 is 12.5 Å². The predicted octanol–water partition coefficient (Wildman–Crippen LogP) is 4.21. The highest BCUT2D eigenvalue weighted by molar-refractivity contribution is 14.1. The van der Waals surface area contributed by atoms with Gasteiger partial charge in [-0.2, -0.15) is 13.2 Å². The Morgan fingerprint density at radius 1 is 1.06 bits per heavy atom. The van der Waals surface area contributed by atoms with Gasteiger partial charge in [-0.25, -0.2) is 4.98 Å². The van der Waals surface area contributed by atoms with E-state index in [1.807, 2.05) is 0 Å². The molecule has 1 rings (SSSR count). The van der Waals surface area contributed by atoms with Gasteiger partial charge in [-0.1, -0.05) is 0 Å². The summed E-state index contributed by atoms with van der Waals surface area (Å²) in [7, 11) is 0. The van der Waals surface area contributed by atoms with E-state index in [-0.39, 0.29) is 13.3 Å². The number of nitrogens with zero attached hydrogens (tertiary/aromatic N) is 1. The van der Waals surface area contributed by atoms with Gasteiger partial charge in [0.2, 0.25) is 0 Å². The third kappa shape index (κ3) is 4.30. The van der Waals surface area contributed by atoms with Crippen LogP contribution in [0, 0.1) is 7.27 Å². The molecule has 0 radical (unpaired) electrons. The van der Waals surface area contributed by atoms with E-state index in [4.69, 9.17) is 0 Å². The van der Waals surface area contributed by atoms with Gasteiger partial charge in [-0.05, 0) is 45.2 Å². The van der Waals surface area contributed by atoms with Crippen molar-refractivity contribution in [1.29, 1.82) is 0 Å². The Morgan fingerprint density at radius 2 is 1.59 bits per heavy atom. The molecule has 0 aliphatic heterocycles. The number of hydrogen-bond acceptors (Lipinski definition) is 2. The number of aromatic nitrogens is 1. The van der Waals surface area contributed by atoms with Gasteiger partial charge in [0, 0.05) is 6.07 Å². The van der Waals surface area contributed by atoms with Crippen LogP contribution in [-0.4, -0.2) is 11.3 Å². The van der Waals surface area contributed by atoms with Crippen LogP contribution < -0.4 is 4.74 Å². The molecule has 1 aromatic heterocycles. The lowest BCUT2D eigenvalue weighted by molar-refractivity contribution is -0.275. The van der Waals surface area contributed by atoms with Crippen LogP contribution in [0.2, 0.25) is 0 Å². The van der Waals surface area contributed by atoms with Crippen LogP contribution in [0.25, 0.3) is 0 Å². The number of alkyl halides is 6. The molecule has 2 nitrogen and oxygen atoms in total. The molecule has 10 heteroatoms. The fourth-order valence-electron chi connectivity index (χ4n) is 0.820. The van der Waals surface area contributed by atoms with Crippen molar-refractivity contribution in [2.45, 2.75) is 12.5 Å². The van der Waals surface area contributed by atoms with Crippen molar-refractivity contribution >= 4 is 45.2 Å². The zero-order valence-electron chi connectivity index (χ0n) is 7.46. The molecular formula is C7HF6I2NO. The van der Waals surface area contributed by atoms with Crippen molar-refractivity contribution < 1.29 is 31.1 Å². The van der Waals surface area contributed by atoms with Gasteiger partial charge in [0.25, 0.3) is 0 Å². The Labute approximate surface area is 118 Å². The highest BCUT2D eigenvalue weighted by Gasteiger charge is 2.37. The fraction of sp³-hybridized carbons (Fsp3) is 0.286. The molecule has 0 atom stereocenters. The standard InChI is InChI=1S/C7HF6I2NO/c8-6(9,10)3-1-2(17-7(11,12)13)4(14)5(15)16-3/h1H. The highest BCUT2D eigenvalue weighted by atomic mass is 127. The summed E-state index contributed by atoms with van der Waals surface area (Å²) >= 11 is 2.83. The largest absolute Gasteiger partial charge is 0.573 e. The van der Waals surface area contributed by atoms with Crippen molar-refractivity contribution in [2.75, 3.05) is 0 Å². The second kappa shape index (κ2) is 4.93. The second-order valence-electron chi connectivity index (χ2n) is 2.66. The van der Waals surface area contributed by atoms with E-state index in [9.17, 15) is 26.3 Å². The summed E-state index contributed by atoms with van der Waals surface area (Å²) < 4.78 is 75.9. The van der Waals surface area contributed by atoms with Crippen molar-refractivity contribution in [3.05, 3.63) is 19.0 Å². The Hall–Kier alpha value is -0.0100. The lowest BCUT2D eigenvalue weighted by Crippen LogP contribution is -2.19. The third-order valence-corrected chi connectivity index (χ3v) is 4.26. The fourth-order valence-corrected chi connectivity index (χ4v) is 1.73. The summed E-state index contributed by atoms with van der Waals surface area (Å²) in [6.07, 6.45) is -9.87. The average molecular weight is 483 g/mol. The summed E-state index contributed by atoms with van der Waals surface area (Å²) in [5.74, 6) is -0.912. The first-order valence-corrected chi connectivity index (χ1v) is 5.85. The molecule has 0 aliphatic rings. The van der Waals surface area contributed by atoms with Crippen LogP contribution in [0.5, 0.6) is 5.75 Å². The van der Waals surface area contributed by atoms with Crippen LogP contribution in [-0.2, 0) is 6.18 Å². The van der Waals surface area contributed by atoms with Gasteiger partial charge in [0.1, 0.15) is 15.1 Å². The van der Waals surface area contributed by atoms with Gasteiger partial charge in [0.05, 0.1) is 3.57 Å². The first-order chi connectivity index (χ1) is 7.50. The molecule has 0 saturated carbocycles. The summed E-state index contributed by atoms with van der Waals surface area (Å²) in [6, 6.07) is 0.220. The van der Waals surface area contributed by atoms with Gasteiger partial charge in [-0.15, -0.1) is 13.2 Å². The van der Waals surface area contributed by atoms with Crippen molar-refractivity contribution in [1.82, 2.24) is 4.98 Å². The molecule has 0 N–H and O–H groups in total. The molecule has 0 aromatic carbocycles. The third-order valence-electron chi connectivity index (χ3n) is 1.40. The highest BCUT2D eigenvalue weighted by Crippen LogP contribution is 2.36. The molecule has 0 aliphatic carbocycles. The van der Waals surface area contributed by atoms with Crippen molar-refractivity contribution in [3.63, 3.8) is 0 Å². The van der Waals surface area contributed by atoms with Gasteiger partial charge < -0.3 is 4.74 Å².